The maximum atomic E-state index is 14.4. The van der Waals surface area contributed by atoms with Gasteiger partial charge in [-0.05, 0) is 114 Å². The van der Waals surface area contributed by atoms with Crippen molar-refractivity contribution >= 4 is 82.8 Å². The molecular formula is C52H78N10O17S. The monoisotopic (exact) mass is 1150 g/mol. The van der Waals surface area contributed by atoms with Crippen molar-refractivity contribution in [2.45, 2.75) is 178 Å². The van der Waals surface area contributed by atoms with Crippen LogP contribution in [0.1, 0.15) is 110 Å². The number of benzene rings is 1. The average Bonchev–Trinajstić information content (AvgIpc) is 4.27. The lowest BCUT2D eigenvalue weighted by molar-refractivity contribution is -0.148. The van der Waals surface area contributed by atoms with Crippen LogP contribution in [0.3, 0.4) is 0 Å². The molecule has 3 aliphatic heterocycles. The van der Waals surface area contributed by atoms with Gasteiger partial charge >= 0.3 is 17.9 Å². The normalized spacial score (nSPS) is 20.0. The Morgan fingerprint density at radius 2 is 1.07 bits per heavy atom. The van der Waals surface area contributed by atoms with Gasteiger partial charge in [0, 0.05) is 38.9 Å². The lowest BCUT2D eigenvalue weighted by atomic mass is 10.0. The number of hydrogen-bond donors (Lipinski definition) is 12. The van der Waals surface area contributed by atoms with E-state index in [0.717, 1.165) is 0 Å². The first kappa shape index (κ1) is 65.4. The summed E-state index contributed by atoms with van der Waals surface area (Å²) in [5.74, 6) is -11.0. The van der Waals surface area contributed by atoms with Gasteiger partial charge in [-0.2, -0.15) is 11.8 Å². The van der Waals surface area contributed by atoms with Crippen LogP contribution in [0.25, 0.3) is 0 Å². The van der Waals surface area contributed by atoms with E-state index >= 15 is 0 Å². The van der Waals surface area contributed by atoms with E-state index in [1.165, 1.54) is 64.6 Å². The fourth-order valence-corrected chi connectivity index (χ4v) is 10.4. The number of rotatable bonds is 30. The number of hydrogen-bond acceptors (Lipinski definition) is 16. The van der Waals surface area contributed by atoms with Crippen LogP contribution in [0.2, 0.25) is 0 Å². The SMILES string of the molecule is CSCC[C@H](NC(=O)[C@H](Cc1ccc(O)cc1)NC(=O)[C@H](CCC(=O)O)NC(=O)[C@@H]1CCCN1C(=O)[C@@H]1CCCN1C(=O)[C@H](C)NC(=O)[C@@H](NC(=O)[C@@H]1CCCN1C(=O)[C@@H](N)CC(C)C)[C@@H](C)O)C(=O)N[C@@H](CCC(=O)O)C(=O)O. The highest BCUT2D eigenvalue weighted by Crippen LogP contribution is 2.27. The second-order valence-electron chi connectivity index (χ2n) is 20.9. The number of likely N-dealkylation sites (tertiary alicyclic amines) is 3. The number of amides is 9. The Labute approximate surface area is 467 Å². The minimum atomic E-state index is -1.62. The van der Waals surface area contributed by atoms with Gasteiger partial charge in [0.15, 0.2) is 0 Å². The number of carbonyl (C=O) groups is 12. The van der Waals surface area contributed by atoms with Crippen molar-refractivity contribution in [3.63, 3.8) is 0 Å². The Morgan fingerprint density at radius 3 is 1.61 bits per heavy atom. The van der Waals surface area contributed by atoms with Crippen LogP contribution in [-0.2, 0) is 64.0 Å². The zero-order chi connectivity index (χ0) is 59.5. The summed E-state index contributed by atoms with van der Waals surface area (Å²) in [7, 11) is 0. The maximum absolute atomic E-state index is 14.4. The molecule has 0 aromatic heterocycles. The lowest BCUT2D eigenvalue weighted by Crippen LogP contribution is -2.61. The van der Waals surface area contributed by atoms with Gasteiger partial charge in [-0.1, -0.05) is 26.0 Å². The highest BCUT2D eigenvalue weighted by atomic mass is 32.2. The first-order chi connectivity index (χ1) is 37.7. The fourth-order valence-electron chi connectivity index (χ4n) is 9.90. The zero-order valence-electron chi connectivity index (χ0n) is 45.7. The summed E-state index contributed by atoms with van der Waals surface area (Å²) < 4.78 is 0. The highest BCUT2D eigenvalue weighted by molar-refractivity contribution is 7.98. The number of carbonyl (C=O) groups excluding carboxylic acids is 9. The summed E-state index contributed by atoms with van der Waals surface area (Å²) in [5.41, 5.74) is 6.53. The summed E-state index contributed by atoms with van der Waals surface area (Å²) in [6.45, 7) is 6.90. The smallest absolute Gasteiger partial charge is 0.326 e. The first-order valence-corrected chi connectivity index (χ1v) is 28.2. The van der Waals surface area contributed by atoms with Crippen LogP contribution in [-0.4, -0.2) is 209 Å². The fraction of sp³-hybridized carbons (Fsp3) is 0.654. The van der Waals surface area contributed by atoms with Crippen LogP contribution in [0.15, 0.2) is 24.3 Å². The Balaban J connectivity index is 1.48. The number of carboxylic acids is 3. The van der Waals surface area contributed by atoms with E-state index in [0.29, 0.717) is 37.7 Å². The molecule has 28 heteroatoms. The van der Waals surface area contributed by atoms with E-state index in [4.69, 9.17) is 10.8 Å². The van der Waals surface area contributed by atoms with Crippen molar-refractivity contribution in [2.75, 3.05) is 31.6 Å². The number of phenols is 1. The van der Waals surface area contributed by atoms with Crippen molar-refractivity contribution in [1.29, 1.82) is 0 Å². The highest BCUT2D eigenvalue weighted by Gasteiger charge is 2.45. The molecule has 11 atom stereocenters. The summed E-state index contributed by atoms with van der Waals surface area (Å²) >= 11 is 1.29. The number of aliphatic hydroxyl groups excluding tert-OH is 1. The molecule has 27 nitrogen and oxygen atoms in total. The summed E-state index contributed by atoms with van der Waals surface area (Å²) in [6, 6.07) is -7.55. The van der Waals surface area contributed by atoms with Crippen LogP contribution < -0.4 is 37.6 Å². The Morgan fingerprint density at radius 1 is 0.600 bits per heavy atom. The number of nitrogens with one attached hydrogen (secondary N) is 6. The van der Waals surface area contributed by atoms with Crippen LogP contribution in [0.4, 0.5) is 0 Å². The second-order valence-corrected chi connectivity index (χ2v) is 21.8. The summed E-state index contributed by atoms with van der Waals surface area (Å²) in [6.07, 6.45) is -0.0421. The van der Waals surface area contributed by atoms with Crippen LogP contribution in [0.5, 0.6) is 5.75 Å². The molecule has 0 spiro atoms. The number of thioether (sulfide) groups is 1. The third kappa shape index (κ3) is 19.1. The Hall–Kier alpha value is -7.07. The molecule has 80 heavy (non-hydrogen) atoms. The van der Waals surface area contributed by atoms with E-state index in [9.17, 15) is 78.0 Å². The predicted molar refractivity (Wildman–Crippen MR) is 287 cm³/mol. The van der Waals surface area contributed by atoms with E-state index in [-0.39, 0.29) is 62.7 Å². The molecule has 9 amide bonds. The molecule has 3 heterocycles. The molecule has 0 radical (unpaired) electrons. The minimum absolute atomic E-state index is 0.0355. The first-order valence-electron chi connectivity index (χ1n) is 26.8. The molecule has 4 rings (SSSR count). The van der Waals surface area contributed by atoms with Crippen molar-refractivity contribution in [2.24, 2.45) is 11.7 Å². The van der Waals surface area contributed by atoms with E-state index in [1.807, 2.05) is 13.8 Å². The number of aromatic hydroxyl groups is 1. The van der Waals surface area contributed by atoms with Gasteiger partial charge in [0.1, 0.15) is 60.1 Å². The number of phenolic OH excluding ortho intramolecular Hbond substituents is 1. The van der Waals surface area contributed by atoms with Gasteiger partial charge in [-0.25, -0.2) is 4.79 Å². The van der Waals surface area contributed by atoms with Gasteiger partial charge in [0.05, 0.1) is 12.1 Å². The number of nitrogens with two attached hydrogens (primary N) is 1. The molecule has 0 saturated carbocycles. The largest absolute Gasteiger partial charge is 0.508 e. The van der Waals surface area contributed by atoms with Crippen molar-refractivity contribution in [1.82, 2.24) is 46.6 Å². The van der Waals surface area contributed by atoms with Gasteiger partial charge in [0.2, 0.25) is 53.2 Å². The predicted octanol–water partition coefficient (Wildman–Crippen LogP) is -1.84. The Kier molecular flexibility index (Phi) is 25.4. The van der Waals surface area contributed by atoms with Gasteiger partial charge in [-0.3, -0.25) is 52.7 Å². The van der Waals surface area contributed by atoms with Crippen molar-refractivity contribution < 1.29 is 83.1 Å². The van der Waals surface area contributed by atoms with Crippen molar-refractivity contribution in [3.05, 3.63) is 29.8 Å². The summed E-state index contributed by atoms with van der Waals surface area (Å²) in [5, 5.41) is 63.9. The molecule has 1 aromatic carbocycles. The molecule has 0 aliphatic carbocycles. The molecule has 13 N–H and O–H groups in total. The average molecular weight is 1150 g/mol. The maximum Gasteiger partial charge on any atom is 0.326 e. The number of nitrogens with zero attached hydrogens (tertiary/aromatic N) is 3. The third-order valence-electron chi connectivity index (χ3n) is 14.1. The molecule has 3 saturated heterocycles. The molecule has 444 valence electrons. The van der Waals surface area contributed by atoms with E-state index < -0.39 is 163 Å². The Bertz CT molecular complexity index is 2410. The molecule has 3 fully saturated rings. The van der Waals surface area contributed by atoms with Gasteiger partial charge < -0.3 is 77.9 Å². The summed E-state index contributed by atoms with van der Waals surface area (Å²) in [4.78, 5) is 164. The van der Waals surface area contributed by atoms with Crippen LogP contribution in [0, 0.1) is 5.92 Å². The van der Waals surface area contributed by atoms with Gasteiger partial charge in [0.25, 0.3) is 0 Å². The van der Waals surface area contributed by atoms with E-state index in [1.54, 1.807) is 6.26 Å². The molecular weight excluding hydrogens is 1070 g/mol. The van der Waals surface area contributed by atoms with Crippen molar-refractivity contribution in [3.8, 4) is 5.75 Å². The molecule has 1 aromatic rings. The molecule has 3 aliphatic rings. The molecule has 0 bridgehead atoms. The quantitative estimate of drug-likeness (QED) is 0.0403. The third-order valence-corrected chi connectivity index (χ3v) is 14.8. The standard InChI is InChI=1S/C52H78N10O17S/c1-27(2)25-32(53)50(76)60-21-6-10-38(60)47(73)59-42(29(4)63)48(74)54-28(3)49(75)62-23-8-11-39(62)51(77)61-22-7-9-37(61)46(72)56-33(16-18-40(65)66)43(69)58-36(26-30-12-14-31(64)15-13-30)45(71)55-34(20-24-80-5)44(70)57-35(52(78)79)17-19-41(67)68/h12-15,27-29,32-39,42,63-64H,6-11,16-26,53H2,1-5H3,(H,54,74)(H,55,71)(H,56,72)(H,57,70)(H,58,69)(H,59,73)(H,65,66)(H,67,68)(H,78,79)/t28-,29+,32-,33-,34-,35-,36-,37-,38-,39-,42-/m0/s1. The van der Waals surface area contributed by atoms with E-state index in [2.05, 4.69) is 31.9 Å². The zero-order valence-corrected chi connectivity index (χ0v) is 46.5. The van der Waals surface area contributed by atoms with Gasteiger partial charge in [-0.15, -0.1) is 0 Å². The topological polar surface area (TPSA) is 414 Å². The minimum Gasteiger partial charge on any atom is -0.508 e. The number of aliphatic hydroxyl groups is 1. The second kappa shape index (κ2) is 31.1. The molecule has 0 unspecified atom stereocenters. The number of carboxylic acid groups (broad SMARTS) is 3. The van der Waals surface area contributed by atoms with Crippen LogP contribution >= 0.6 is 11.8 Å². The lowest BCUT2D eigenvalue weighted by Gasteiger charge is -2.33. The number of aliphatic carboxylic acids is 3.